The van der Waals surface area contributed by atoms with Crippen molar-refractivity contribution in [2.75, 3.05) is 0 Å². The van der Waals surface area contributed by atoms with Crippen molar-refractivity contribution < 1.29 is 4.39 Å². The summed E-state index contributed by atoms with van der Waals surface area (Å²) in [5, 5.41) is 0. The molecule has 1 unspecified atom stereocenters. The van der Waals surface area contributed by atoms with E-state index in [0.29, 0.717) is 6.42 Å². The van der Waals surface area contributed by atoms with Crippen LogP contribution < -0.4 is 5.73 Å². The Labute approximate surface area is 121 Å². The summed E-state index contributed by atoms with van der Waals surface area (Å²) < 4.78 is 14.1. The van der Waals surface area contributed by atoms with E-state index in [-0.39, 0.29) is 11.9 Å². The Morgan fingerprint density at radius 1 is 1.16 bits per heavy atom. The van der Waals surface area contributed by atoms with Gasteiger partial charge in [0, 0.05) is 10.5 Å². The minimum atomic E-state index is -0.239. The molecule has 100 valence electrons. The van der Waals surface area contributed by atoms with Gasteiger partial charge in [-0.15, -0.1) is 0 Å². The van der Waals surface area contributed by atoms with Gasteiger partial charge in [-0.2, -0.15) is 0 Å². The Balaban J connectivity index is 2.22. The first-order valence-corrected chi connectivity index (χ1v) is 7.02. The number of hydrogen-bond acceptors (Lipinski definition) is 1. The highest BCUT2D eigenvalue weighted by molar-refractivity contribution is 9.10. The Morgan fingerprint density at radius 3 is 2.53 bits per heavy atom. The van der Waals surface area contributed by atoms with E-state index in [1.165, 1.54) is 23.3 Å². The average molecular weight is 322 g/mol. The van der Waals surface area contributed by atoms with Crippen LogP contribution in [0, 0.1) is 19.7 Å². The van der Waals surface area contributed by atoms with E-state index < -0.39 is 0 Å². The third-order valence-electron chi connectivity index (χ3n) is 3.20. The topological polar surface area (TPSA) is 26.0 Å². The van der Waals surface area contributed by atoms with Crippen molar-refractivity contribution >= 4 is 15.9 Å². The molecule has 2 N–H and O–H groups in total. The van der Waals surface area contributed by atoms with Crippen molar-refractivity contribution in [1.29, 1.82) is 0 Å². The van der Waals surface area contributed by atoms with Gasteiger partial charge in [-0.3, -0.25) is 0 Å². The molecule has 1 atom stereocenters. The lowest BCUT2D eigenvalue weighted by molar-refractivity contribution is 0.621. The minimum absolute atomic E-state index is 0.116. The summed E-state index contributed by atoms with van der Waals surface area (Å²) in [6.45, 7) is 4.12. The number of rotatable bonds is 3. The molecule has 0 bridgehead atoms. The molecule has 0 saturated carbocycles. The van der Waals surface area contributed by atoms with Crippen molar-refractivity contribution in [2.24, 2.45) is 5.73 Å². The van der Waals surface area contributed by atoms with Crippen LogP contribution in [0.15, 0.2) is 40.9 Å². The van der Waals surface area contributed by atoms with Crippen molar-refractivity contribution in [2.45, 2.75) is 26.3 Å². The van der Waals surface area contributed by atoms with E-state index in [4.69, 9.17) is 5.73 Å². The Bertz CT molecular complexity index is 575. The monoisotopic (exact) mass is 321 g/mol. The SMILES string of the molecule is Cc1ccc(C(N)Cc2cc(F)cc(Br)c2)c(C)c1. The molecule has 0 aliphatic carbocycles. The van der Waals surface area contributed by atoms with Gasteiger partial charge in [0.2, 0.25) is 0 Å². The summed E-state index contributed by atoms with van der Waals surface area (Å²) in [6, 6.07) is 11.0. The predicted molar refractivity (Wildman–Crippen MR) is 80.6 cm³/mol. The van der Waals surface area contributed by atoms with Crippen LogP contribution in [-0.4, -0.2) is 0 Å². The van der Waals surface area contributed by atoms with Gasteiger partial charge in [-0.25, -0.2) is 4.39 Å². The summed E-state index contributed by atoms with van der Waals surface area (Å²) in [4.78, 5) is 0. The van der Waals surface area contributed by atoms with Crippen LogP contribution >= 0.6 is 15.9 Å². The molecular weight excluding hydrogens is 305 g/mol. The van der Waals surface area contributed by atoms with Crippen molar-refractivity contribution in [3.05, 3.63) is 68.9 Å². The lowest BCUT2D eigenvalue weighted by Gasteiger charge is -2.15. The van der Waals surface area contributed by atoms with Gasteiger partial charge in [0.15, 0.2) is 0 Å². The zero-order valence-electron chi connectivity index (χ0n) is 11.1. The molecule has 2 aromatic rings. The van der Waals surface area contributed by atoms with Crippen LogP contribution in [0.5, 0.6) is 0 Å². The van der Waals surface area contributed by atoms with Crippen LogP contribution in [0.4, 0.5) is 4.39 Å². The maximum Gasteiger partial charge on any atom is 0.124 e. The van der Waals surface area contributed by atoms with Crippen LogP contribution in [0.2, 0.25) is 0 Å². The number of hydrogen-bond donors (Lipinski definition) is 1. The molecule has 0 aromatic heterocycles. The van der Waals surface area contributed by atoms with E-state index in [9.17, 15) is 4.39 Å². The van der Waals surface area contributed by atoms with Crippen molar-refractivity contribution in [3.8, 4) is 0 Å². The predicted octanol–water partition coefficient (Wildman–Crippen LogP) is 4.45. The van der Waals surface area contributed by atoms with Crippen LogP contribution in [0.1, 0.15) is 28.3 Å². The van der Waals surface area contributed by atoms with Gasteiger partial charge < -0.3 is 5.73 Å². The summed E-state index contributed by atoms with van der Waals surface area (Å²) >= 11 is 3.30. The second kappa shape index (κ2) is 5.85. The third-order valence-corrected chi connectivity index (χ3v) is 3.66. The van der Waals surface area contributed by atoms with Gasteiger partial charge in [0.1, 0.15) is 5.82 Å². The number of halogens is 2. The molecule has 0 heterocycles. The Hall–Kier alpha value is -1.19. The first-order valence-electron chi connectivity index (χ1n) is 6.23. The van der Waals surface area contributed by atoms with Gasteiger partial charge in [0.05, 0.1) is 0 Å². The zero-order valence-corrected chi connectivity index (χ0v) is 12.7. The average Bonchev–Trinajstić information content (AvgIpc) is 2.26. The Kier molecular flexibility index (Phi) is 4.38. The fourth-order valence-corrected chi connectivity index (χ4v) is 2.85. The van der Waals surface area contributed by atoms with E-state index >= 15 is 0 Å². The molecule has 0 amide bonds. The highest BCUT2D eigenvalue weighted by atomic mass is 79.9. The number of aryl methyl sites for hydroxylation is 2. The molecule has 0 aliphatic rings. The molecule has 2 aromatic carbocycles. The molecular formula is C16H17BrFN. The highest BCUT2D eigenvalue weighted by Crippen LogP contribution is 2.23. The zero-order chi connectivity index (χ0) is 14.0. The fourth-order valence-electron chi connectivity index (χ4n) is 2.33. The normalized spacial score (nSPS) is 12.5. The van der Waals surface area contributed by atoms with Gasteiger partial charge in [-0.1, -0.05) is 39.7 Å². The Morgan fingerprint density at radius 2 is 1.89 bits per heavy atom. The lowest BCUT2D eigenvalue weighted by Crippen LogP contribution is -2.15. The standard InChI is InChI=1S/C16H17BrFN/c1-10-3-4-15(11(2)5-10)16(19)8-12-6-13(17)9-14(18)7-12/h3-7,9,16H,8,19H2,1-2H3. The quantitative estimate of drug-likeness (QED) is 0.888. The van der Waals surface area contributed by atoms with Crippen LogP contribution in [0.3, 0.4) is 0 Å². The van der Waals surface area contributed by atoms with Crippen molar-refractivity contribution in [1.82, 2.24) is 0 Å². The summed E-state index contributed by atoms with van der Waals surface area (Å²) in [7, 11) is 0. The second-order valence-corrected chi connectivity index (χ2v) is 5.86. The molecule has 0 radical (unpaired) electrons. The molecule has 0 aliphatic heterocycles. The highest BCUT2D eigenvalue weighted by Gasteiger charge is 2.11. The summed E-state index contributed by atoms with van der Waals surface area (Å²) in [5.74, 6) is -0.239. The second-order valence-electron chi connectivity index (χ2n) is 4.95. The summed E-state index contributed by atoms with van der Waals surface area (Å²) in [6.07, 6.45) is 0.625. The molecule has 2 rings (SSSR count). The first-order chi connectivity index (χ1) is 8.95. The molecule has 1 nitrogen and oxygen atoms in total. The molecule has 0 saturated heterocycles. The smallest absolute Gasteiger partial charge is 0.124 e. The van der Waals surface area contributed by atoms with E-state index in [1.807, 2.05) is 6.07 Å². The maximum absolute atomic E-state index is 13.3. The van der Waals surface area contributed by atoms with Crippen LogP contribution in [-0.2, 0) is 6.42 Å². The molecule has 3 heteroatoms. The van der Waals surface area contributed by atoms with Gasteiger partial charge in [-0.05, 0) is 55.2 Å². The maximum atomic E-state index is 13.3. The molecule has 0 fully saturated rings. The number of nitrogens with two attached hydrogens (primary N) is 1. The molecule has 0 spiro atoms. The third kappa shape index (κ3) is 3.64. The largest absolute Gasteiger partial charge is 0.324 e. The number of benzene rings is 2. The van der Waals surface area contributed by atoms with Gasteiger partial charge >= 0.3 is 0 Å². The first kappa shape index (κ1) is 14.2. The minimum Gasteiger partial charge on any atom is -0.324 e. The summed E-state index contributed by atoms with van der Waals surface area (Å²) in [5.41, 5.74) is 10.7. The van der Waals surface area contributed by atoms with Crippen molar-refractivity contribution in [3.63, 3.8) is 0 Å². The van der Waals surface area contributed by atoms with Gasteiger partial charge in [0.25, 0.3) is 0 Å². The van der Waals surface area contributed by atoms with E-state index in [2.05, 4.69) is 48.0 Å². The van der Waals surface area contributed by atoms with E-state index in [0.717, 1.165) is 15.6 Å². The fraction of sp³-hybridized carbons (Fsp3) is 0.250. The lowest BCUT2D eigenvalue weighted by atomic mass is 9.95. The van der Waals surface area contributed by atoms with Crippen LogP contribution in [0.25, 0.3) is 0 Å². The molecule has 19 heavy (non-hydrogen) atoms. The van der Waals surface area contributed by atoms with E-state index in [1.54, 1.807) is 0 Å².